The van der Waals surface area contributed by atoms with Crippen LogP contribution in [0.3, 0.4) is 0 Å². The second kappa shape index (κ2) is 11.5. The van der Waals surface area contributed by atoms with Crippen LogP contribution in [0, 0.1) is 25.6 Å². The molecule has 2 atom stereocenters. The maximum Gasteiger partial charge on any atom is 0.129 e. The minimum atomic E-state index is -0.924. The molecule has 2 N–H and O–H groups in total. The van der Waals surface area contributed by atoms with E-state index in [4.69, 9.17) is 14.6 Å². The lowest BCUT2D eigenvalue weighted by molar-refractivity contribution is 0.0536. The Hall–Kier alpha value is -2.89. The van der Waals surface area contributed by atoms with Crippen molar-refractivity contribution in [2.24, 2.45) is 5.92 Å². The van der Waals surface area contributed by atoms with Crippen LogP contribution in [-0.2, 0) is 11.3 Å². The van der Waals surface area contributed by atoms with Gasteiger partial charge < -0.3 is 19.7 Å². The predicted octanol–water partition coefficient (Wildman–Crippen LogP) is 6.17. The first kappa shape index (κ1) is 25.7. The van der Waals surface area contributed by atoms with Gasteiger partial charge in [0, 0.05) is 5.56 Å². The third kappa shape index (κ3) is 6.37. The predicted molar refractivity (Wildman–Crippen MR) is 134 cm³/mol. The van der Waals surface area contributed by atoms with Crippen LogP contribution in [0.2, 0.25) is 0 Å². The molecule has 5 heteroatoms. The van der Waals surface area contributed by atoms with Gasteiger partial charge in [-0.3, -0.25) is 0 Å². The van der Waals surface area contributed by atoms with Crippen LogP contribution in [-0.4, -0.2) is 29.5 Å². The van der Waals surface area contributed by atoms with Gasteiger partial charge in [-0.15, -0.1) is 0 Å². The maximum absolute atomic E-state index is 14.6. The molecule has 2 unspecified atom stereocenters. The third-order valence-electron chi connectivity index (χ3n) is 6.14. The standard InChI is InChI=1S/C29H35FO4/c1-6-22-9-18(2)10-24(22)13-21(5)33-16-25-14-23(7-8-28(25)30)29-19(3)11-27(12-20(29)4)34-17-26(32)15-31/h6-8,11-14,18,26,31-32H,5,9-10,15-17H2,1-4H3/b22-6-,24-13-. The van der Waals surface area contributed by atoms with E-state index in [-0.39, 0.29) is 25.6 Å². The molecule has 2 aromatic carbocycles. The molecule has 1 fully saturated rings. The SMILES string of the molecule is C=C(/C=C1/CC(C)C/C1=C/C)OCc1cc(-c2c(C)cc(OCC(O)CO)cc2C)ccc1F. The van der Waals surface area contributed by atoms with Crippen LogP contribution in [0.25, 0.3) is 11.1 Å². The monoisotopic (exact) mass is 466 g/mol. The average Bonchev–Trinajstić information content (AvgIpc) is 3.15. The third-order valence-corrected chi connectivity index (χ3v) is 6.14. The smallest absolute Gasteiger partial charge is 0.129 e. The van der Waals surface area contributed by atoms with Gasteiger partial charge in [0.2, 0.25) is 0 Å². The maximum atomic E-state index is 14.6. The molecule has 182 valence electrons. The summed E-state index contributed by atoms with van der Waals surface area (Å²) < 4.78 is 26.0. The van der Waals surface area contributed by atoms with E-state index >= 15 is 0 Å². The number of ether oxygens (including phenoxy) is 2. The second-order valence-corrected chi connectivity index (χ2v) is 9.14. The van der Waals surface area contributed by atoms with E-state index in [1.165, 1.54) is 17.2 Å². The van der Waals surface area contributed by atoms with E-state index in [9.17, 15) is 9.50 Å². The van der Waals surface area contributed by atoms with Crippen molar-refractivity contribution in [3.63, 3.8) is 0 Å². The number of aryl methyl sites for hydroxylation is 2. The van der Waals surface area contributed by atoms with Crippen molar-refractivity contribution < 1.29 is 24.1 Å². The van der Waals surface area contributed by atoms with Crippen LogP contribution < -0.4 is 4.74 Å². The Labute approximate surface area is 202 Å². The summed E-state index contributed by atoms with van der Waals surface area (Å²) in [4.78, 5) is 0. The van der Waals surface area contributed by atoms with E-state index in [1.54, 1.807) is 6.07 Å². The van der Waals surface area contributed by atoms with Gasteiger partial charge in [-0.05, 0) is 103 Å². The molecule has 0 amide bonds. The molecular weight excluding hydrogens is 431 g/mol. The Bertz CT molecular complexity index is 1080. The number of halogens is 1. The summed E-state index contributed by atoms with van der Waals surface area (Å²) in [6.07, 6.45) is 5.26. The van der Waals surface area contributed by atoms with Crippen molar-refractivity contribution in [1.29, 1.82) is 0 Å². The molecule has 34 heavy (non-hydrogen) atoms. The fourth-order valence-corrected chi connectivity index (χ4v) is 4.49. The normalized spacial score (nSPS) is 19.0. The zero-order chi connectivity index (χ0) is 24.8. The first-order valence-electron chi connectivity index (χ1n) is 11.7. The lowest BCUT2D eigenvalue weighted by Crippen LogP contribution is -2.21. The zero-order valence-corrected chi connectivity index (χ0v) is 20.5. The number of hydrogen-bond donors (Lipinski definition) is 2. The molecule has 0 radical (unpaired) electrons. The van der Waals surface area contributed by atoms with Gasteiger partial charge in [0.15, 0.2) is 0 Å². The summed E-state index contributed by atoms with van der Waals surface area (Å²) in [6, 6.07) is 8.80. The second-order valence-electron chi connectivity index (χ2n) is 9.14. The van der Waals surface area contributed by atoms with Gasteiger partial charge in [0.05, 0.1) is 6.61 Å². The Morgan fingerprint density at radius 1 is 1.18 bits per heavy atom. The summed E-state index contributed by atoms with van der Waals surface area (Å²) in [5.74, 6) is 1.44. The van der Waals surface area contributed by atoms with Crippen LogP contribution in [0.5, 0.6) is 5.75 Å². The number of allylic oxidation sites excluding steroid dienone is 4. The van der Waals surface area contributed by atoms with Crippen molar-refractivity contribution in [3.05, 3.63) is 88.5 Å². The molecule has 1 aliphatic carbocycles. The minimum absolute atomic E-state index is 0.0151. The van der Waals surface area contributed by atoms with Gasteiger partial charge in [-0.25, -0.2) is 4.39 Å². The van der Waals surface area contributed by atoms with E-state index in [1.807, 2.05) is 45.0 Å². The number of rotatable bonds is 9. The molecule has 2 aromatic rings. The highest BCUT2D eigenvalue weighted by atomic mass is 19.1. The zero-order valence-electron chi connectivity index (χ0n) is 20.5. The lowest BCUT2D eigenvalue weighted by Gasteiger charge is -2.16. The largest absolute Gasteiger partial charge is 0.491 e. The Balaban J connectivity index is 1.75. The first-order valence-corrected chi connectivity index (χ1v) is 11.7. The lowest BCUT2D eigenvalue weighted by atomic mass is 9.94. The molecule has 0 spiro atoms. The number of aliphatic hydroxyl groups excluding tert-OH is 2. The van der Waals surface area contributed by atoms with Crippen LogP contribution in [0.15, 0.2) is 66.0 Å². The van der Waals surface area contributed by atoms with Gasteiger partial charge in [0.25, 0.3) is 0 Å². The van der Waals surface area contributed by atoms with Gasteiger partial charge in [0.1, 0.15) is 36.6 Å². The fourth-order valence-electron chi connectivity index (χ4n) is 4.49. The van der Waals surface area contributed by atoms with E-state index in [2.05, 4.69) is 19.6 Å². The number of aliphatic hydroxyl groups is 2. The number of hydrogen-bond acceptors (Lipinski definition) is 4. The van der Waals surface area contributed by atoms with Gasteiger partial charge >= 0.3 is 0 Å². The van der Waals surface area contributed by atoms with Crippen molar-refractivity contribution in [2.75, 3.05) is 13.2 Å². The van der Waals surface area contributed by atoms with E-state index in [0.29, 0.717) is 23.0 Å². The molecule has 0 bridgehead atoms. The summed E-state index contributed by atoms with van der Waals surface area (Å²) in [5, 5.41) is 18.5. The highest BCUT2D eigenvalue weighted by Crippen LogP contribution is 2.36. The Morgan fingerprint density at radius 3 is 2.50 bits per heavy atom. The summed E-state index contributed by atoms with van der Waals surface area (Å²) in [6.45, 7) is 12.0. The molecule has 0 heterocycles. The Kier molecular flexibility index (Phi) is 8.70. The molecule has 1 saturated carbocycles. The molecule has 0 saturated heterocycles. The van der Waals surface area contributed by atoms with E-state index in [0.717, 1.165) is 35.1 Å². The molecule has 4 nitrogen and oxygen atoms in total. The topological polar surface area (TPSA) is 58.9 Å². The fraction of sp³-hybridized carbons (Fsp3) is 0.379. The van der Waals surface area contributed by atoms with Crippen molar-refractivity contribution in [1.82, 2.24) is 0 Å². The van der Waals surface area contributed by atoms with Crippen molar-refractivity contribution in [2.45, 2.75) is 53.2 Å². The van der Waals surface area contributed by atoms with E-state index < -0.39 is 6.10 Å². The highest BCUT2D eigenvalue weighted by Gasteiger charge is 2.20. The van der Waals surface area contributed by atoms with Crippen LogP contribution >= 0.6 is 0 Å². The molecule has 0 aromatic heterocycles. The van der Waals surface area contributed by atoms with Crippen LogP contribution in [0.4, 0.5) is 4.39 Å². The summed E-state index contributed by atoms with van der Waals surface area (Å²) in [5.41, 5.74) is 6.86. The first-order chi connectivity index (χ1) is 16.2. The molecule has 1 aliphatic rings. The summed E-state index contributed by atoms with van der Waals surface area (Å²) in [7, 11) is 0. The quantitative estimate of drug-likeness (QED) is 0.434. The van der Waals surface area contributed by atoms with Gasteiger partial charge in [-0.2, -0.15) is 0 Å². The molecular formula is C29H35FO4. The number of benzene rings is 2. The Morgan fingerprint density at radius 2 is 1.85 bits per heavy atom. The molecule has 3 rings (SSSR count). The summed E-state index contributed by atoms with van der Waals surface area (Å²) >= 11 is 0. The van der Waals surface area contributed by atoms with Crippen molar-refractivity contribution in [3.8, 4) is 16.9 Å². The van der Waals surface area contributed by atoms with Gasteiger partial charge in [-0.1, -0.05) is 25.6 Å². The van der Waals surface area contributed by atoms with Crippen LogP contribution in [0.1, 0.15) is 43.4 Å². The van der Waals surface area contributed by atoms with Crippen molar-refractivity contribution >= 4 is 0 Å². The highest BCUT2D eigenvalue weighted by molar-refractivity contribution is 5.72. The minimum Gasteiger partial charge on any atom is -0.491 e. The molecule has 0 aliphatic heterocycles. The average molecular weight is 467 g/mol.